The zero-order chi connectivity index (χ0) is 22.0. The summed E-state index contributed by atoms with van der Waals surface area (Å²) in [6.07, 6.45) is 0. The third-order valence-corrected chi connectivity index (χ3v) is 6.17. The van der Waals surface area contributed by atoms with E-state index in [-0.39, 0.29) is 18.4 Å². The normalized spacial score (nSPS) is 14.0. The van der Waals surface area contributed by atoms with Crippen molar-refractivity contribution in [2.24, 2.45) is 0 Å². The smallest absolute Gasteiger partial charge is 0.278 e. The topological polar surface area (TPSA) is 58.6 Å². The van der Waals surface area contributed by atoms with E-state index in [4.69, 9.17) is 4.74 Å². The lowest BCUT2D eigenvalue weighted by atomic mass is 10.0. The van der Waals surface area contributed by atoms with E-state index in [2.05, 4.69) is 19.2 Å². The maximum absolute atomic E-state index is 13.3. The highest BCUT2D eigenvalue weighted by Gasteiger charge is 2.39. The summed E-state index contributed by atoms with van der Waals surface area (Å²) in [5.41, 5.74) is 3.59. The number of carbonyl (C=O) groups excluding carboxylic acids is 2. The van der Waals surface area contributed by atoms with Crippen molar-refractivity contribution < 1.29 is 14.3 Å². The predicted molar refractivity (Wildman–Crippen MR) is 124 cm³/mol. The van der Waals surface area contributed by atoms with Crippen molar-refractivity contribution >= 4 is 34.4 Å². The van der Waals surface area contributed by atoms with E-state index < -0.39 is 0 Å². The molecule has 0 radical (unpaired) electrons. The molecule has 3 aromatic rings. The molecule has 0 aliphatic carbocycles. The van der Waals surface area contributed by atoms with Gasteiger partial charge in [0.2, 0.25) is 0 Å². The average Bonchev–Trinajstić information content (AvgIpc) is 3.38. The number of thiophene rings is 1. The standard InChI is InChI=1S/C25H24N2O3S/c1-16(2)18-8-10-19(11-9-18)26-23-22(21-5-4-14-31-21)24(28)27(25(23)29)15-17-6-12-20(30-3)13-7-17/h4-14,16,26H,15H2,1-3H3. The molecule has 1 aliphatic heterocycles. The number of nitrogens with one attached hydrogen (secondary N) is 1. The van der Waals surface area contributed by atoms with E-state index >= 15 is 0 Å². The van der Waals surface area contributed by atoms with Crippen molar-refractivity contribution in [3.05, 3.63) is 87.7 Å². The summed E-state index contributed by atoms with van der Waals surface area (Å²) in [4.78, 5) is 28.6. The molecule has 2 aromatic carbocycles. The number of hydrogen-bond donors (Lipinski definition) is 1. The molecule has 158 valence electrons. The van der Waals surface area contributed by atoms with Crippen LogP contribution in [-0.2, 0) is 16.1 Å². The quantitative estimate of drug-likeness (QED) is 0.517. The van der Waals surface area contributed by atoms with E-state index in [0.717, 1.165) is 21.9 Å². The van der Waals surface area contributed by atoms with E-state index in [1.165, 1.54) is 21.8 Å². The van der Waals surface area contributed by atoms with Gasteiger partial charge in [0.05, 0.1) is 19.2 Å². The van der Waals surface area contributed by atoms with Crippen LogP contribution in [0.4, 0.5) is 5.69 Å². The van der Waals surface area contributed by atoms with Gasteiger partial charge in [0, 0.05) is 10.6 Å². The van der Waals surface area contributed by atoms with Crippen molar-refractivity contribution in [2.75, 3.05) is 12.4 Å². The predicted octanol–water partition coefficient (Wildman–Crippen LogP) is 5.27. The van der Waals surface area contributed by atoms with Crippen LogP contribution >= 0.6 is 11.3 Å². The Morgan fingerprint density at radius 1 is 0.968 bits per heavy atom. The Labute approximate surface area is 186 Å². The van der Waals surface area contributed by atoms with Gasteiger partial charge in [-0.1, -0.05) is 44.2 Å². The van der Waals surface area contributed by atoms with Gasteiger partial charge in [-0.05, 0) is 52.8 Å². The summed E-state index contributed by atoms with van der Waals surface area (Å²) in [5, 5.41) is 5.12. The number of methoxy groups -OCH3 is 1. The Morgan fingerprint density at radius 3 is 2.26 bits per heavy atom. The zero-order valence-corrected chi connectivity index (χ0v) is 18.5. The molecule has 2 amide bonds. The summed E-state index contributed by atoms with van der Waals surface area (Å²) in [6.45, 7) is 4.47. The van der Waals surface area contributed by atoms with Gasteiger partial charge in [-0.25, -0.2) is 0 Å². The minimum atomic E-state index is -0.322. The van der Waals surface area contributed by atoms with Crippen LogP contribution in [0.15, 0.2) is 71.7 Å². The summed E-state index contributed by atoms with van der Waals surface area (Å²) >= 11 is 1.45. The van der Waals surface area contributed by atoms with Gasteiger partial charge in [-0.15, -0.1) is 11.3 Å². The van der Waals surface area contributed by atoms with Crippen LogP contribution in [0, 0.1) is 0 Å². The fourth-order valence-electron chi connectivity index (χ4n) is 3.49. The van der Waals surface area contributed by atoms with Gasteiger partial charge in [0.25, 0.3) is 11.8 Å². The fraction of sp³-hybridized carbons (Fsp3) is 0.200. The molecule has 5 nitrogen and oxygen atoms in total. The molecule has 0 saturated heterocycles. The molecule has 0 bridgehead atoms. The highest BCUT2D eigenvalue weighted by molar-refractivity contribution is 7.11. The minimum Gasteiger partial charge on any atom is -0.497 e. The Morgan fingerprint density at radius 2 is 1.68 bits per heavy atom. The second kappa shape index (κ2) is 8.78. The molecule has 1 aliphatic rings. The highest BCUT2D eigenvalue weighted by Crippen LogP contribution is 2.34. The number of nitrogens with zero attached hydrogens (tertiary/aromatic N) is 1. The molecule has 0 unspecified atom stereocenters. The Hall–Kier alpha value is -3.38. The molecule has 4 rings (SSSR count). The van der Waals surface area contributed by atoms with Crippen LogP contribution in [0.1, 0.15) is 35.8 Å². The SMILES string of the molecule is COc1ccc(CN2C(=O)C(Nc3ccc(C(C)C)cc3)=C(c3cccs3)C2=O)cc1. The molecule has 0 atom stereocenters. The molecule has 6 heteroatoms. The van der Waals surface area contributed by atoms with Gasteiger partial charge < -0.3 is 10.1 Å². The molecule has 1 N–H and O–H groups in total. The third kappa shape index (κ3) is 4.25. The van der Waals surface area contributed by atoms with Gasteiger partial charge in [-0.3, -0.25) is 14.5 Å². The first-order valence-electron chi connectivity index (χ1n) is 10.1. The molecular formula is C25H24N2O3S. The van der Waals surface area contributed by atoms with E-state index in [1.54, 1.807) is 7.11 Å². The molecule has 31 heavy (non-hydrogen) atoms. The maximum Gasteiger partial charge on any atom is 0.278 e. The Kier molecular flexibility index (Phi) is 5.91. The van der Waals surface area contributed by atoms with Crippen molar-refractivity contribution in [1.82, 2.24) is 4.90 Å². The van der Waals surface area contributed by atoms with Gasteiger partial charge in [0.15, 0.2) is 0 Å². The summed E-state index contributed by atoms with van der Waals surface area (Å²) in [6, 6.07) is 19.1. The first-order valence-corrected chi connectivity index (χ1v) is 11.0. The third-order valence-electron chi connectivity index (χ3n) is 5.28. The monoisotopic (exact) mass is 432 g/mol. The van der Waals surface area contributed by atoms with Crippen molar-refractivity contribution in [2.45, 2.75) is 26.3 Å². The van der Waals surface area contributed by atoms with E-state index in [1.807, 2.05) is 66.0 Å². The van der Waals surface area contributed by atoms with Crippen LogP contribution in [0.3, 0.4) is 0 Å². The summed E-state index contributed by atoms with van der Waals surface area (Å²) < 4.78 is 5.19. The van der Waals surface area contributed by atoms with Gasteiger partial charge in [-0.2, -0.15) is 0 Å². The van der Waals surface area contributed by atoms with Gasteiger partial charge in [0.1, 0.15) is 11.4 Å². The van der Waals surface area contributed by atoms with Crippen LogP contribution in [0.25, 0.3) is 5.57 Å². The molecule has 0 fully saturated rings. The average molecular weight is 433 g/mol. The van der Waals surface area contributed by atoms with Crippen LogP contribution in [0.2, 0.25) is 0 Å². The molecule has 1 aromatic heterocycles. The number of carbonyl (C=O) groups is 2. The second-order valence-electron chi connectivity index (χ2n) is 7.67. The number of rotatable bonds is 7. The number of amides is 2. The first kappa shape index (κ1) is 20.9. The summed E-state index contributed by atoms with van der Waals surface area (Å²) in [5.74, 6) is 0.541. The van der Waals surface area contributed by atoms with Crippen molar-refractivity contribution in [1.29, 1.82) is 0 Å². The lowest BCUT2D eigenvalue weighted by molar-refractivity contribution is -0.137. The molecule has 2 heterocycles. The largest absolute Gasteiger partial charge is 0.497 e. The van der Waals surface area contributed by atoms with Crippen LogP contribution in [0.5, 0.6) is 5.75 Å². The number of imide groups is 1. The summed E-state index contributed by atoms with van der Waals surface area (Å²) in [7, 11) is 1.60. The van der Waals surface area contributed by atoms with E-state index in [0.29, 0.717) is 17.2 Å². The number of ether oxygens (including phenoxy) is 1. The Balaban J connectivity index is 1.64. The lowest BCUT2D eigenvalue weighted by Gasteiger charge is -2.16. The minimum absolute atomic E-state index is 0.202. The Bertz CT molecular complexity index is 1110. The van der Waals surface area contributed by atoms with Crippen molar-refractivity contribution in [3.63, 3.8) is 0 Å². The number of anilines is 1. The maximum atomic E-state index is 13.3. The van der Waals surface area contributed by atoms with Crippen LogP contribution < -0.4 is 10.1 Å². The zero-order valence-electron chi connectivity index (χ0n) is 17.7. The highest BCUT2D eigenvalue weighted by atomic mass is 32.1. The molecule has 0 spiro atoms. The first-order chi connectivity index (χ1) is 15.0. The second-order valence-corrected chi connectivity index (χ2v) is 8.62. The van der Waals surface area contributed by atoms with Gasteiger partial charge >= 0.3 is 0 Å². The number of benzene rings is 2. The lowest BCUT2D eigenvalue weighted by Crippen LogP contribution is -2.31. The van der Waals surface area contributed by atoms with Crippen LogP contribution in [-0.4, -0.2) is 23.8 Å². The molecule has 0 saturated carbocycles. The molecular weight excluding hydrogens is 408 g/mol. The number of hydrogen-bond acceptors (Lipinski definition) is 5. The van der Waals surface area contributed by atoms with E-state index in [9.17, 15) is 9.59 Å². The van der Waals surface area contributed by atoms with Crippen molar-refractivity contribution in [3.8, 4) is 5.75 Å². The fourth-order valence-corrected chi connectivity index (χ4v) is 4.26.